The van der Waals surface area contributed by atoms with E-state index >= 15 is 0 Å². The molecule has 1 unspecified atom stereocenters. The lowest BCUT2D eigenvalue weighted by Gasteiger charge is -2.32. The van der Waals surface area contributed by atoms with Crippen molar-refractivity contribution in [2.45, 2.75) is 25.8 Å². The van der Waals surface area contributed by atoms with Crippen molar-refractivity contribution in [1.29, 1.82) is 0 Å². The minimum atomic E-state index is -0.274. The van der Waals surface area contributed by atoms with Gasteiger partial charge in [-0.3, -0.25) is 9.59 Å². The van der Waals surface area contributed by atoms with Crippen LogP contribution in [0.25, 0.3) is 0 Å². The van der Waals surface area contributed by atoms with Crippen LogP contribution in [0.15, 0.2) is 30.3 Å². The number of piperidine rings is 1. The molecule has 5 nitrogen and oxygen atoms in total. The van der Waals surface area contributed by atoms with Crippen LogP contribution >= 0.6 is 22.9 Å². The van der Waals surface area contributed by atoms with Gasteiger partial charge in [-0.05, 0) is 50.6 Å². The first-order valence-corrected chi connectivity index (χ1v) is 9.82. The number of aryl methyl sites for hydroxylation is 1. The van der Waals surface area contributed by atoms with Crippen molar-refractivity contribution in [3.05, 3.63) is 51.4 Å². The van der Waals surface area contributed by atoms with Crippen molar-refractivity contribution in [3.8, 4) is 0 Å². The molecule has 0 aliphatic carbocycles. The van der Waals surface area contributed by atoms with E-state index in [1.807, 2.05) is 24.9 Å². The fourth-order valence-corrected chi connectivity index (χ4v) is 4.38. The van der Waals surface area contributed by atoms with Gasteiger partial charge in [0.1, 0.15) is 0 Å². The van der Waals surface area contributed by atoms with Gasteiger partial charge in [-0.25, -0.2) is 0 Å². The highest BCUT2D eigenvalue weighted by Gasteiger charge is 2.26. The van der Waals surface area contributed by atoms with Gasteiger partial charge in [0.05, 0.1) is 20.5 Å². The number of amides is 2. The molecule has 138 valence electrons. The standard InChI is InChI=1S/C19H22ClN3O2S/c1-12-10-16(22-18(24)14-7-3-4-8-15(14)20)26-17(12)19(25)23-9-5-6-13(11-23)21-2/h3-4,7-8,10,13,21H,5-6,9,11H2,1-2H3,(H,22,24). The average Bonchev–Trinajstić information content (AvgIpc) is 3.01. The van der Waals surface area contributed by atoms with Crippen molar-refractivity contribution in [3.63, 3.8) is 0 Å². The summed E-state index contributed by atoms with van der Waals surface area (Å²) in [4.78, 5) is 27.9. The van der Waals surface area contributed by atoms with Gasteiger partial charge in [0.25, 0.3) is 11.8 Å². The molecule has 3 rings (SSSR count). The molecule has 2 aromatic rings. The molecule has 1 aliphatic heterocycles. The molecule has 1 aromatic carbocycles. The highest BCUT2D eigenvalue weighted by atomic mass is 35.5. The number of benzene rings is 1. The Kier molecular flexibility index (Phi) is 5.96. The Balaban J connectivity index is 1.74. The van der Waals surface area contributed by atoms with Crippen molar-refractivity contribution in [2.75, 3.05) is 25.5 Å². The first-order valence-electron chi connectivity index (χ1n) is 8.62. The Morgan fingerprint density at radius 3 is 2.81 bits per heavy atom. The van der Waals surface area contributed by atoms with E-state index in [0.717, 1.165) is 24.9 Å². The molecule has 0 spiro atoms. The summed E-state index contributed by atoms with van der Waals surface area (Å²) in [6.07, 6.45) is 2.08. The molecular weight excluding hydrogens is 370 g/mol. The first kappa shape index (κ1) is 18.9. The number of nitrogens with one attached hydrogen (secondary N) is 2. The van der Waals surface area contributed by atoms with Crippen LogP contribution in [-0.4, -0.2) is 42.9 Å². The lowest BCUT2D eigenvalue weighted by molar-refractivity contribution is 0.0702. The Bertz CT molecular complexity index is 821. The molecule has 2 amide bonds. The number of carbonyl (C=O) groups is 2. The zero-order valence-electron chi connectivity index (χ0n) is 14.8. The van der Waals surface area contributed by atoms with E-state index in [4.69, 9.17) is 11.6 Å². The Labute approximate surface area is 162 Å². The molecule has 7 heteroatoms. The van der Waals surface area contributed by atoms with Crippen molar-refractivity contribution >= 4 is 39.8 Å². The second-order valence-corrected chi connectivity index (χ2v) is 7.90. The quantitative estimate of drug-likeness (QED) is 0.833. The molecule has 1 fully saturated rings. The monoisotopic (exact) mass is 391 g/mol. The molecule has 0 radical (unpaired) electrons. The van der Waals surface area contributed by atoms with Crippen LogP contribution in [0.2, 0.25) is 5.02 Å². The normalized spacial score (nSPS) is 17.2. The third-order valence-electron chi connectivity index (χ3n) is 4.58. The molecular formula is C19H22ClN3O2S. The van der Waals surface area contributed by atoms with Crippen LogP contribution in [0.5, 0.6) is 0 Å². The number of thiophene rings is 1. The molecule has 0 bridgehead atoms. The Morgan fingerprint density at radius 1 is 1.31 bits per heavy atom. The molecule has 26 heavy (non-hydrogen) atoms. The number of likely N-dealkylation sites (N-methyl/N-ethyl adjacent to an activating group) is 1. The second kappa shape index (κ2) is 8.20. The maximum atomic E-state index is 12.9. The predicted octanol–water partition coefficient (Wildman–Crippen LogP) is 3.79. The minimum absolute atomic E-state index is 0.0330. The highest BCUT2D eigenvalue weighted by Crippen LogP contribution is 2.29. The third-order valence-corrected chi connectivity index (χ3v) is 6.05. The topological polar surface area (TPSA) is 61.4 Å². The number of carbonyl (C=O) groups excluding carboxylic acids is 2. The van der Waals surface area contributed by atoms with E-state index in [1.165, 1.54) is 11.3 Å². The number of hydrogen-bond donors (Lipinski definition) is 2. The SMILES string of the molecule is CNC1CCCN(C(=O)c2sc(NC(=O)c3ccccc3Cl)cc2C)C1. The summed E-state index contributed by atoms with van der Waals surface area (Å²) in [5.74, 6) is -0.241. The zero-order valence-corrected chi connectivity index (χ0v) is 16.4. The number of nitrogens with zero attached hydrogens (tertiary/aromatic N) is 1. The number of rotatable bonds is 4. The highest BCUT2D eigenvalue weighted by molar-refractivity contribution is 7.18. The summed E-state index contributed by atoms with van der Waals surface area (Å²) >= 11 is 7.39. The molecule has 1 atom stereocenters. The lowest BCUT2D eigenvalue weighted by atomic mass is 10.1. The first-order chi connectivity index (χ1) is 12.5. The number of likely N-dealkylation sites (tertiary alicyclic amines) is 1. The summed E-state index contributed by atoms with van der Waals surface area (Å²) in [5.41, 5.74) is 1.29. The summed E-state index contributed by atoms with van der Waals surface area (Å²) in [5, 5.41) is 7.15. The van der Waals surface area contributed by atoms with Crippen LogP contribution < -0.4 is 10.6 Å². The Hall–Kier alpha value is -1.89. The summed E-state index contributed by atoms with van der Waals surface area (Å²) in [6.45, 7) is 3.39. The van der Waals surface area contributed by atoms with Gasteiger partial charge in [0.2, 0.25) is 0 Å². The summed E-state index contributed by atoms with van der Waals surface area (Å²) in [7, 11) is 1.93. The summed E-state index contributed by atoms with van der Waals surface area (Å²) in [6, 6.07) is 9.08. The van der Waals surface area contributed by atoms with Crippen LogP contribution in [0.3, 0.4) is 0 Å². The predicted molar refractivity (Wildman–Crippen MR) is 106 cm³/mol. The van der Waals surface area contributed by atoms with Crippen LogP contribution in [0, 0.1) is 6.92 Å². The number of halogens is 1. The van der Waals surface area contributed by atoms with E-state index in [0.29, 0.717) is 33.1 Å². The fourth-order valence-electron chi connectivity index (χ4n) is 3.12. The molecule has 2 N–H and O–H groups in total. The molecule has 0 saturated carbocycles. The smallest absolute Gasteiger partial charge is 0.264 e. The van der Waals surface area contributed by atoms with Gasteiger partial charge < -0.3 is 15.5 Å². The van der Waals surface area contributed by atoms with Gasteiger partial charge in [0.15, 0.2) is 0 Å². The van der Waals surface area contributed by atoms with E-state index in [2.05, 4.69) is 10.6 Å². The molecule has 2 heterocycles. The van der Waals surface area contributed by atoms with Crippen molar-refractivity contribution < 1.29 is 9.59 Å². The maximum absolute atomic E-state index is 12.9. The maximum Gasteiger partial charge on any atom is 0.264 e. The van der Waals surface area contributed by atoms with E-state index in [-0.39, 0.29) is 11.8 Å². The van der Waals surface area contributed by atoms with Crippen LogP contribution in [0.4, 0.5) is 5.00 Å². The minimum Gasteiger partial charge on any atom is -0.336 e. The Morgan fingerprint density at radius 2 is 2.08 bits per heavy atom. The van der Waals surface area contributed by atoms with E-state index in [9.17, 15) is 9.59 Å². The second-order valence-electron chi connectivity index (χ2n) is 6.44. The molecule has 1 saturated heterocycles. The number of anilines is 1. The van der Waals surface area contributed by atoms with Gasteiger partial charge >= 0.3 is 0 Å². The van der Waals surface area contributed by atoms with E-state index < -0.39 is 0 Å². The van der Waals surface area contributed by atoms with Crippen molar-refractivity contribution in [1.82, 2.24) is 10.2 Å². The van der Waals surface area contributed by atoms with Gasteiger partial charge in [-0.2, -0.15) is 0 Å². The largest absolute Gasteiger partial charge is 0.336 e. The van der Waals surface area contributed by atoms with Gasteiger partial charge in [-0.15, -0.1) is 11.3 Å². The molecule has 1 aromatic heterocycles. The van der Waals surface area contributed by atoms with Crippen molar-refractivity contribution in [2.24, 2.45) is 0 Å². The fraction of sp³-hybridized carbons (Fsp3) is 0.368. The van der Waals surface area contributed by atoms with E-state index in [1.54, 1.807) is 24.3 Å². The summed E-state index contributed by atoms with van der Waals surface area (Å²) < 4.78 is 0. The average molecular weight is 392 g/mol. The van der Waals surface area contributed by atoms with Crippen LogP contribution in [0.1, 0.15) is 38.4 Å². The third kappa shape index (κ3) is 4.09. The van der Waals surface area contributed by atoms with Crippen LogP contribution in [-0.2, 0) is 0 Å². The lowest BCUT2D eigenvalue weighted by Crippen LogP contribution is -2.46. The number of hydrogen-bond acceptors (Lipinski definition) is 4. The van der Waals surface area contributed by atoms with Gasteiger partial charge in [-0.1, -0.05) is 23.7 Å². The van der Waals surface area contributed by atoms with Gasteiger partial charge in [0, 0.05) is 19.1 Å². The molecule has 1 aliphatic rings. The zero-order chi connectivity index (χ0) is 18.7.